The second-order valence-corrected chi connectivity index (χ2v) is 5.78. The van der Waals surface area contributed by atoms with Crippen LogP contribution < -0.4 is 0 Å². The molecule has 0 atom stereocenters. The van der Waals surface area contributed by atoms with Gasteiger partial charge in [0.05, 0.1) is 13.0 Å². The number of hydrogen-bond donors (Lipinski definition) is 1. The monoisotopic (exact) mass is 293 g/mol. The lowest BCUT2D eigenvalue weighted by atomic mass is 10.3. The lowest BCUT2D eigenvalue weighted by molar-refractivity contribution is -0.137. The molecule has 0 bridgehead atoms. The van der Waals surface area contributed by atoms with Crippen molar-refractivity contribution in [3.05, 3.63) is 0 Å². The van der Waals surface area contributed by atoms with Gasteiger partial charge in [0.2, 0.25) is 0 Å². The molecular formula is C15H23N3O3. The topological polar surface area (TPSA) is 64.1 Å². The number of hydrogen-bond acceptors (Lipinski definition) is 3. The normalized spacial score (nSPS) is 19.1. The van der Waals surface area contributed by atoms with Crippen LogP contribution in [0.1, 0.15) is 19.3 Å². The highest BCUT2D eigenvalue weighted by atomic mass is 16.4. The van der Waals surface area contributed by atoms with Crippen LogP contribution in [0, 0.1) is 18.3 Å². The number of rotatable bonds is 6. The molecule has 0 aromatic heterocycles. The molecule has 2 rings (SSSR count). The van der Waals surface area contributed by atoms with E-state index in [1.54, 1.807) is 4.90 Å². The smallest absolute Gasteiger partial charge is 0.320 e. The Bertz CT molecular complexity index is 420. The summed E-state index contributed by atoms with van der Waals surface area (Å²) in [4.78, 5) is 28.7. The van der Waals surface area contributed by atoms with E-state index in [2.05, 4.69) is 10.8 Å². The van der Waals surface area contributed by atoms with Crippen LogP contribution in [0.3, 0.4) is 0 Å². The summed E-state index contributed by atoms with van der Waals surface area (Å²) in [5, 5.41) is 8.69. The number of carbonyl (C=O) groups excluding carboxylic acids is 1. The fraction of sp³-hybridized carbons (Fsp3) is 0.733. The molecule has 0 aromatic rings. The van der Waals surface area contributed by atoms with E-state index in [0.717, 1.165) is 19.6 Å². The van der Waals surface area contributed by atoms with Crippen molar-refractivity contribution >= 4 is 12.0 Å². The maximum absolute atomic E-state index is 12.5. The van der Waals surface area contributed by atoms with Gasteiger partial charge in [-0.1, -0.05) is 5.92 Å². The second kappa shape index (κ2) is 7.32. The number of carboxylic acids is 1. The molecule has 1 saturated carbocycles. The molecule has 1 N–H and O–H groups in total. The standard InChI is InChI=1S/C15H23N3O3/c1-2-6-18(12-13-3-4-13)15(21)17-10-8-16(9-11-17)7-5-14(19)20/h1,13H,3-12H2,(H,19,20). The van der Waals surface area contributed by atoms with Crippen molar-refractivity contribution < 1.29 is 14.7 Å². The van der Waals surface area contributed by atoms with Crippen LogP contribution >= 0.6 is 0 Å². The summed E-state index contributed by atoms with van der Waals surface area (Å²) in [5.41, 5.74) is 0. The van der Waals surface area contributed by atoms with Gasteiger partial charge in [-0.15, -0.1) is 6.42 Å². The van der Waals surface area contributed by atoms with E-state index in [4.69, 9.17) is 11.5 Å². The minimum atomic E-state index is -0.780. The fourth-order valence-electron chi connectivity index (χ4n) is 2.55. The largest absolute Gasteiger partial charge is 0.481 e. The minimum Gasteiger partial charge on any atom is -0.481 e. The molecule has 0 radical (unpaired) electrons. The van der Waals surface area contributed by atoms with Gasteiger partial charge in [0.1, 0.15) is 0 Å². The van der Waals surface area contributed by atoms with E-state index in [1.165, 1.54) is 12.8 Å². The average molecular weight is 293 g/mol. The Balaban J connectivity index is 1.78. The maximum atomic E-state index is 12.5. The van der Waals surface area contributed by atoms with Gasteiger partial charge in [0.25, 0.3) is 0 Å². The van der Waals surface area contributed by atoms with Crippen molar-refractivity contribution in [1.82, 2.24) is 14.7 Å². The molecule has 0 spiro atoms. The second-order valence-electron chi connectivity index (χ2n) is 5.78. The van der Waals surface area contributed by atoms with Crippen molar-refractivity contribution in [2.75, 3.05) is 45.8 Å². The van der Waals surface area contributed by atoms with E-state index in [-0.39, 0.29) is 12.5 Å². The summed E-state index contributed by atoms with van der Waals surface area (Å²) in [6, 6.07) is 0.0257. The van der Waals surface area contributed by atoms with E-state index >= 15 is 0 Å². The van der Waals surface area contributed by atoms with Crippen molar-refractivity contribution in [2.24, 2.45) is 5.92 Å². The molecule has 116 valence electrons. The Morgan fingerprint density at radius 3 is 2.43 bits per heavy atom. The van der Waals surface area contributed by atoms with E-state index in [1.807, 2.05) is 4.90 Å². The minimum absolute atomic E-state index is 0.0257. The van der Waals surface area contributed by atoms with E-state index in [9.17, 15) is 9.59 Å². The molecule has 21 heavy (non-hydrogen) atoms. The number of carbonyl (C=O) groups is 2. The van der Waals surface area contributed by atoms with Crippen LogP contribution in [0.4, 0.5) is 4.79 Å². The third-order valence-corrected chi connectivity index (χ3v) is 4.01. The molecule has 2 amide bonds. The predicted octanol–water partition coefficient (Wildman–Crippen LogP) is 0.544. The number of terminal acetylenes is 1. The zero-order chi connectivity index (χ0) is 15.2. The number of urea groups is 1. The fourth-order valence-corrected chi connectivity index (χ4v) is 2.55. The molecule has 1 aliphatic carbocycles. The lowest BCUT2D eigenvalue weighted by Gasteiger charge is -2.37. The van der Waals surface area contributed by atoms with Gasteiger partial charge >= 0.3 is 12.0 Å². The van der Waals surface area contributed by atoms with Crippen molar-refractivity contribution in [2.45, 2.75) is 19.3 Å². The number of aliphatic carboxylic acids is 1. The molecule has 6 nitrogen and oxygen atoms in total. The summed E-state index contributed by atoms with van der Waals surface area (Å²) in [6.45, 7) is 4.43. The summed E-state index contributed by atoms with van der Waals surface area (Å²) in [6.07, 6.45) is 7.89. The molecule has 2 aliphatic rings. The van der Waals surface area contributed by atoms with Gasteiger partial charge in [-0.25, -0.2) is 4.79 Å². The molecule has 1 saturated heterocycles. The zero-order valence-corrected chi connectivity index (χ0v) is 12.3. The van der Waals surface area contributed by atoms with Crippen LogP contribution in [0.2, 0.25) is 0 Å². The van der Waals surface area contributed by atoms with Gasteiger partial charge < -0.3 is 14.9 Å². The Labute approximate surface area is 125 Å². The third kappa shape index (κ3) is 4.94. The Kier molecular flexibility index (Phi) is 5.45. The summed E-state index contributed by atoms with van der Waals surface area (Å²) in [5.74, 6) is 2.41. The van der Waals surface area contributed by atoms with Crippen LogP contribution in [-0.2, 0) is 4.79 Å². The number of carboxylic acid groups (broad SMARTS) is 1. The predicted molar refractivity (Wildman–Crippen MR) is 78.8 cm³/mol. The molecule has 0 unspecified atom stereocenters. The lowest BCUT2D eigenvalue weighted by Crippen LogP contribution is -2.53. The van der Waals surface area contributed by atoms with Gasteiger partial charge in [-0.05, 0) is 18.8 Å². The summed E-state index contributed by atoms with van der Waals surface area (Å²) < 4.78 is 0. The van der Waals surface area contributed by atoms with Gasteiger partial charge in [-0.3, -0.25) is 9.69 Å². The van der Waals surface area contributed by atoms with E-state index in [0.29, 0.717) is 32.1 Å². The van der Waals surface area contributed by atoms with Crippen molar-refractivity contribution in [3.63, 3.8) is 0 Å². The van der Waals surface area contributed by atoms with Gasteiger partial charge in [0, 0.05) is 39.3 Å². The highest BCUT2D eigenvalue weighted by Gasteiger charge is 2.30. The zero-order valence-electron chi connectivity index (χ0n) is 12.3. The van der Waals surface area contributed by atoms with E-state index < -0.39 is 5.97 Å². The molecule has 1 heterocycles. The van der Waals surface area contributed by atoms with Crippen LogP contribution in [0.15, 0.2) is 0 Å². The van der Waals surface area contributed by atoms with Crippen molar-refractivity contribution in [1.29, 1.82) is 0 Å². The first kappa shape index (κ1) is 15.6. The molecular weight excluding hydrogens is 270 g/mol. The molecule has 2 fully saturated rings. The van der Waals surface area contributed by atoms with Gasteiger partial charge in [-0.2, -0.15) is 0 Å². The number of nitrogens with zero attached hydrogens (tertiary/aromatic N) is 3. The maximum Gasteiger partial charge on any atom is 0.320 e. The molecule has 6 heteroatoms. The molecule has 1 aliphatic heterocycles. The Hall–Kier alpha value is -1.74. The van der Waals surface area contributed by atoms with Gasteiger partial charge in [0.15, 0.2) is 0 Å². The highest BCUT2D eigenvalue weighted by Crippen LogP contribution is 2.30. The van der Waals surface area contributed by atoms with Crippen LogP contribution in [0.25, 0.3) is 0 Å². The van der Waals surface area contributed by atoms with Crippen molar-refractivity contribution in [3.8, 4) is 12.3 Å². The summed E-state index contributed by atoms with van der Waals surface area (Å²) in [7, 11) is 0. The molecule has 0 aromatic carbocycles. The number of piperazine rings is 1. The first-order chi connectivity index (χ1) is 10.1. The third-order valence-electron chi connectivity index (χ3n) is 4.01. The van der Waals surface area contributed by atoms with Crippen LogP contribution in [0.5, 0.6) is 0 Å². The summed E-state index contributed by atoms with van der Waals surface area (Å²) >= 11 is 0. The Morgan fingerprint density at radius 2 is 1.90 bits per heavy atom. The Morgan fingerprint density at radius 1 is 1.24 bits per heavy atom. The first-order valence-corrected chi connectivity index (χ1v) is 7.51. The average Bonchev–Trinajstić information content (AvgIpc) is 3.28. The van der Waals surface area contributed by atoms with Crippen LogP contribution in [-0.4, -0.2) is 77.6 Å². The SMILES string of the molecule is C#CCN(CC1CC1)C(=O)N1CCN(CCC(=O)O)CC1. The highest BCUT2D eigenvalue weighted by molar-refractivity contribution is 5.75. The number of amides is 2. The quantitative estimate of drug-likeness (QED) is 0.726. The first-order valence-electron chi connectivity index (χ1n) is 7.51.